The van der Waals surface area contributed by atoms with Crippen molar-refractivity contribution in [3.05, 3.63) is 50.6 Å². The van der Waals surface area contributed by atoms with Gasteiger partial charge in [0, 0.05) is 31.0 Å². The number of aromatic amines is 1. The fourth-order valence-corrected chi connectivity index (χ4v) is 4.71. The van der Waals surface area contributed by atoms with Crippen LogP contribution in [0.15, 0.2) is 23.1 Å². The topological polar surface area (TPSA) is 80.2 Å². The van der Waals surface area contributed by atoms with Crippen molar-refractivity contribution in [1.29, 1.82) is 0 Å². The van der Waals surface area contributed by atoms with Crippen LogP contribution in [0.4, 0.5) is 0 Å². The van der Waals surface area contributed by atoms with E-state index in [0.717, 1.165) is 13.1 Å². The lowest BCUT2D eigenvalue weighted by atomic mass is 10.1. The molecule has 0 unspecified atom stereocenters. The summed E-state index contributed by atoms with van der Waals surface area (Å²) in [5.41, 5.74) is 1.68. The Morgan fingerprint density at radius 2 is 2.27 bits per heavy atom. The van der Waals surface area contributed by atoms with E-state index < -0.39 is 5.97 Å². The molecule has 4 rings (SSSR count). The number of H-pyrrole nitrogens is 1. The Bertz CT molecular complexity index is 1050. The molecule has 0 fully saturated rings. The van der Waals surface area contributed by atoms with Gasteiger partial charge in [-0.3, -0.25) is 9.69 Å². The first-order valence-electron chi connectivity index (χ1n) is 8.49. The summed E-state index contributed by atoms with van der Waals surface area (Å²) in [6.07, 6.45) is 2.10. The Balaban J connectivity index is 1.68. The summed E-state index contributed by atoms with van der Waals surface area (Å²) >= 11 is 1.21. The van der Waals surface area contributed by atoms with Gasteiger partial charge in [-0.05, 0) is 31.5 Å². The molecule has 1 aliphatic rings. The van der Waals surface area contributed by atoms with Gasteiger partial charge in [-0.25, -0.2) is 9.78 Å². The second kappa shape index (κ2) is 6.37. The zero-order chi connectivity index (χ0) is 18.4. The molecule has 0 radical (unpaired) electrons. The van der Waals surface area contributed by atoms with E-state index in [0.29, 0.717) is 33.0 Å². The van der Waals surface area contributed by atoms with E-state index in [4.69, 9.17) is 4.74 Å². The SMILES string of the molecule is COC(=O)c1sc2nc(CN3CCn4cccc4[C@@H]3C)[nH]c(=O)c2c1C. The number of hydrogen-bond donors (Lipinski definition) is 1. The molecule has 1 atom stereocenters. The van der Waals surface area contributed by atoms with Gasteiger partial charge >= 0.3 is 5.97 Å². The second-order valence-electron chi connectivity index (χ2n) is 6.51. The van der Waals surface area contributed by atoms with E-state index in [1.165, 1.54) is 24.1 Å². The molecular formula is C18H20N4O3S. The third kappa shape index (κ3) is 2.65. The van der Waals surface area contributed by atoms with Crippen molar-refractivity contribution in [1.82, 2.24) is 19.4 Å². The number of rotatable bonds is 3. The van der Waals surface area contributed by atoms with Gasteiger partial charge in [-0.2, -0.15) is 0 Å². The van der Waals surface area contributed by atoms with E-state index in [1.54, 1.807) is 6.92 Å². The molecule has 0 saturated carbocycles. The first-order chi connectivity index (χ1) is 12.5. The predicted octanol–water partition coefficient (Wildman–Crippen LogP) is 2.46. The number of aromatic nitrogens is 3. The van der Waals surface area contributed by atoms with E-state index in [1.807, 2.05) is 0 Å². The van der Waals surface area contributed by atoms with E-state index in [2.05, 4.69) is 44.7 Å². The number of fused-ring (bicyclic) bond motifs is 2. The van der Waals surface area contributed by atoms with E-state index in [-0.39, 0.29) is 11.6 Å². The number of thiophene rings is 1. The second-order valence-corrected chi connectivity index (χ2v) is 7.51. The lowest BCUT2D eigenvalue weighted by molar-refractivity contribution is 0.0605. The predicted molar refractivity (Wildman–Crippen MR) is 99.6 cm³/mol. The average molecular weight is 372 g/mol. The lowest BCUT2D eigenvalue weighted by Crippen LogP contribution is -2.36. The number of aryl methyl sites for hydroxylation is 1. The van der Waals surface area contributed by atoms with Crippen LogP contribution in [0.5, 0.6) is 0 Å². The number of esters is 1. The maximum Gasteiger partial charge on any atom is 0.348 e. The van der Waals surface area contributed by atoms with Crippen LogP contribution < -0.4 is 5.56 Å². The number of nitrogens with zero attached hydrogens (tertiary/aromatic N) is 3. The zero-order valence-corrected chi connectivity index (χ0v) is 15.7. The largest absolute Gasteiger partial charge is 0.465 e. The number of nitrogens with one attached hydrogen (secondary N) is 1. The van der Waals surface area contributed by atoms with Crippen LogP contribution in [0.1, 0.15) is 39.7 Å². The first-order valence-corrected chi connectivity index (χ1v) is 9.31. The lowest BCUT2D eigenvalue weighted by Gasteiger charge is -2.34. The summed E-state index contributed by atoms with van der Waals surface area (Å²) in [6.45, 7) is 6.28. The van der Waals surface area contributed by atoms with Gasteiger partial charge in [0.2, 0.25) is 0 Å². The Kier molecular flexibility index (Phi) is 4.16. The Morgan fingerprint density at radius 3 is 3.04 bits per heavy atom. The minimum atomic E-state index is -0.433. The highest BCUT2D eigenvalue weighted by Crippen LogP contribution is 2.29. The summed E-state index contributed by atoms with van der Waals surface area (Å²) in [5.74, 6) is 0.184. The van der Waals surface area contributed by atoms with Crippen molar-refractivity contribution in [2.45, 2.75) is 33.0 Å². The van der Waals surface area contributed by atoms with Crippen molar-refractivity contribution in [2.75, 3.05) is 13.7 Å². The first kappa shape index (κ1) is 17.0. The van der Waals surface area contributed by atoms with Gasteiger partial charge in [0.15, 0.2) is 0 Å². The van der Waals surface area contributed by atoms with Gasteiger partial charge < -0.3 is 14.3 Å². The summed E-state index contributed by atoms with van der Waals surface area (Å²) in [4.78, 5) is 35.3. The van der Waals surface area contributed by atoms with E-state index in [9.17, 15) is 9.59 Å². The number of carbonyl (C=O) groups excluding carboxylic acids is 1. The summed E-state index contributed by atoms with van der Waals surface area (Å²) in [5, 5.41) is 0.472. The molecule has 1 aliphatic heterocycles. The Labute approximate surface area is 154 Å². The van der Waals surface area contributed by atoms with Crippen LogP contribution in [0.25, 0.3) is 10.2 Å². The van der Waals surface area contributed by atoms with Crippen LogP contribution in [0, 0.1) is 6.92 Å². The molecule has 4 heterocycles. The van der Waals surface area contributed by atoms with Crippen LogP contribution >= 0.6 is 11.3 Å². The fourth-order valence-electron chi connectivity index (χ4n) is 3.59. The summed E-state index contributed by atoms with van der Waals surface area (Å²) in [7, 11) is 1.34. The van der Waals surface area contributed by atoms with Crippen LogP contribution in [0.3, 0.4) is 0 Å². The minimum Gasteiger partial charge on any atom is -0.465 e. The van der Waals surface area contributed by atoms with Crippen molar-refractivity contribution in [3.63, 3.8) is 0 Å². The zero-order valence-electron chi connectivity index (χ0n) is 14.9. The third-order valence-corrected chi connectivity index (χ3v) is 6.21. The number of carbonyl (C=O) groups is 1. The van der Waals surface area contributed by atoms with Crippen molar-refractivity contribution in [3.8, 4) is 0 Å². The highest BCUT2D eigenvalue weighted by Gasteiger charge is 2.25. The summed E-state index contributed by atoms with van der Waals surface area (Å²) in [6, 6.07) is 4.43. The molecule has 0 saturated heterocycles. The molecule has 0 aromatic carbocycles. The molecule has 0 amide bonds. The van der Waals surface area contributed by atoms with Crippen molar-refractivity contribution >= 4 is 27.5 Å². The smallest absolute Gasteiger partial charge is 0.348 e. The van der Waals surface area contributed by atoms with Gasteiger partial charge in [0.25, 0.3) is 5.56 Å². The molecule has 8 heteroatoms. The molecule has 7 nitrogen and oxygen atoms in total. The molecule has 0 bridgehead atoms. The minimum absolute atomic E-state index is 0.207. The Morgan fingerprint density at radius 1 is 1.46 bits per heavy atom. The molecule has 0 spiro atoms. The quantitative estimate of drug-likeness (QED) is 0.715. The van der Waals surface area contributed by atoms with Crippen LogP contribution in [-0.2, 0) is 17.8 Å². The molecule has 3 aromatic heterocycles. The van der Waals surface area contributed by atoms with Crippen molar-refractivity contribution in [2.24, 2.45) is 0 Å². The van der Waals surface area contributed by atoms with Crippen LogP contribution in [-0.4, -0.2) is 39.1 Å². The molecule has 26 heavy (non-hydrogen) atoms. The van der Waals surface area contributed by atoms with Gasteiger partial charge in [0.1, 0.15) is 15.5 Å². The molecule has 0 aliphatic carbocycles. The number of ether oxygens (including phenoxy) is 1. The summed E-state index contributed by atoms with van der Waals surface area (Å²) < 4.78 is 7.05. The van der Waals surface area contributed by atoms with Gasteiger partial charge in [-0.1, -0.05) is 0 Å². The highest BCUT2D eigenvalue weighted by molar-refractivity contribution is 7.20. The monoisotopic (exact) mass is 372 g/mol. The third-order valence-electron chi connectivity index (χ3n) is 5.04. The number of methoxy groups -OCH3 is 1. The Hall–Kier alpha value is -2.45. The molecular weight excluding hydrogens is 352 g/mol. The molecule has 136 valence electrons. The molecule has 1 N–H and O–H groups in total. The maximum atomic E-state index is 12.6. The fraction of sp³-hybridized carbons (Fsp3) is 0.389. The van der Waals surface area contributed by atoms with Gasteiger partial charge in [-0.15, -0.1) is 11.3 Å². The molecule has 3 aromatic rings. The maximum absolute atomic E-state index is 12.6. The standard InChI is InChI=1S/C18H20N4O3S/c1-10-14-16(23)19-13(20-17(14)26-15(10)18(24)25-3)9-22-8-7-21-6-4-5-12(21)11(22)2/h4-6,11H,7-9H2,1-3H3,(H,19,20,23)/t11-/m0/s1. The van der Waals surface area contributed by atoms with E-state index >= 15 is 0 Å². The highest BCUT2D eigenvalue weighted by atomic mass is 32.1. The van der Waals surface area contributed by atoms with Gasteiger partial charge in [0.05, 0.1) is 19.0 Å². The van der Waals surface area contributed by atoms with Crippen molar-refractivity contribution < 1.29 is 9.53 Å². The van der Waals surface area contributed by atoms with Crippen LogP contribution in [0.2, 0.25) is 0 Å². The normalized spacial score (nSPS) is 17.4. The number of hydrogen-bond acceptors (Lipinski definition) is 6. The average Bonchev–Trinajstić information content (AvgIpc) is 3.22.